The number of hydrogen-bond acceptors (Lipinski definition) is 4. The van der Waals surface area contributed by atoms with Gasteiger partial charge in [-0.05, 0) is 52.0 Å². The van der Waals surface area contributed by atoms with E-state index in [-0.39, 0.29) is 11.9 Å². The lowest BCUT2D eigenvalue weighted by atomic mass is 10.1. The van der Waals surface area contributed by atoms with E-state index in [4.69, 9.17) is 4.74 Å². The van der Waals surface area contributed by atoms with Crippen LogP contribution in [-0.4, -0.2) is 27.3 Å². The molecule has 1 heterocycles. The number of nitrogens with one attached hydrogen (secondary N) is 1. The van der Waals surface area contributed by atoms with Crippen molar-refractivity contribution in [3.63, 3.8) is 0 Å². The summed E-state index contributed by atoms with van der Waals surface area (Å²) in [5.74, 6) is -0.611. The molecular formula is C18H23N3O3. The molecule has 0 spiro atoms. The molecule has 1 atom stereocenters. The molecule has 0 bridgehead atoms. The first kappa shape index (κ1) is 17.7. The zero-order valence-electron chi connectivity index (χ0n) is 14.7. The molecule has 1 aromatic carbocycles. The standard InChI is InChI=1S/C18H23N3O3/c1-12(15-10-19-21(5)11-15)20-16(22)13-6-8-14(9-7-13)17(23)24-18(2,3)4/h6-12H,1-5H3,(H,20,22)/t12-/m1/s1. The quantitative estimate of drug-likeness (QED) is 0.875. The minimum atomic E-state index is -0.549. The Morgan fingerprint density at radius 3 is 2.25 bits per heavy atom. The summed E-state index contributed by atoms with van der Waals surface area (Å²) in [6.07, 6.45) is 3.58. The van der Waals surface area contributed by atoms with Crippen molar-refractivity contribution in [2.24, 2.45) is 7.05 Å². The molecule has 0 saturated carbocycles. The predicted octanol–water partition coefficient (Wildman–Crippen LogP) is 2.87. The van der Waals surface area contributed by atoms with Gasteiger partial charge in [-0.15, -0.1) is 0 Å². The molecule has 1 aromatic heterocycles. The summed E-state index contributed by atoms with van der Waals surface area (Å²) in [6, 6.07) is 6.27. The zero-order valence-corrected chi connectivity index (χ0v) is 14.7. The van der Waals surface area contributed by atoms with Crippen molar-refractivity contribution in [1.29, 1.82) is 0 Å². The average molecular weight is 329 g/mol. The number of amides is 1. The van der Waals surface area contributed by atoms with E-state index in [0.29, 0.717) is 11.1 Å². The van der Waals surface area contributed by atoms with Crippen LogP contribution in [0.2, 0.25) is 0 Å². The molecule has 1 amide bonds. The molecule has 0 aliphatic rings. The topological polar surface area (TPSA) is 73.2 Å². The fourth-order valence-corrected chi connectivity index (χ4v) is 2.12. The van der Waals surface area contributed by atoms with Crippen LogP contribution < -0.4 is 5.32 Å². The smallest absolute Gasteiger partial charge is 0.338 e. The molecule has 2 aromatic rings. The lowest BCUT2D eigenvalue weighted by Gasteiger charge is -2.19. The molecule has 24 heavy (non-hydrogen) atoms. The van der Waals surface area contributed by atoms with Gasteiger partial charge in [-0.3, -0.25) is 9.48 Å². The van der Waals surface area contributed by atoms with Gasteiger partial charge < -0.3 is 10.1 Å². The van der Waals surface area contributed by atoms with Crippen LogP contribution in [0.25, 0.3) is 0 Å². The number of hydrogen-bond donors (Lipinski definition) is 1. The molecular weight excluding hydrogens is 306 g/mol. The van der Waals surface area contributed by atoms with Crippen molar-refractivity contribution in [3.8, 4) is 0 Å². The van der Waals surface area contributed by atoms with Crippen LogP contribution in [0.4, 0.5) is 0 Å². The van der Waals surface area contributed by atoms with E-state index in [0.717, 1.165) is 5.56 Å². The summed E-state index contributed by atoms with van der Waals surface area (Å²) in [5.41, 5.74) is 1.28. The van der Waals surface area contributed by atoms with Crippen molar-refractivity contribution in [2.75, 3.05) is 0 Å². The third kappa shape index (κ3) is 4.68. The van der Waals surface area contributed by atoms with Crippen LogP contribution in [0.15, 0.2) is 36.7 Å². The van der Waals surface area contributed by atoms with Gasteiger partial charge in [0.15, 0.2) is 0 Å². The van der Waals surface area contributed by atoms with Crippen molar-refractivity contribution in [2.45, 2.75) is 39.3 Å². The van der Waals surface area contributed by atoms with Crippen LogP contribution in [0.5, 0.6) is 0 Å². The zero-order chi connectivity index (χ0) is 17.9. The number of esters is 1. The SMILES string of the molecule is C[C@@H](NC(=O)c1ccc(C(=O)OC(C)(C)C)cc1)c1cnn(C)c1. The summed E-state index contributed by atoms with van der Waals surface area (Å²) in [7, 11) is 1.83. The maximum absolute atomic E-state index is 12.3. The molecule has 0 aliphatic carbocycles. The first-order valence-electron chi connectivity index (χ1n) is 7.78. The maximum atomic E-state index is 12.3. The Labute approximate surface area is 141 Å². The van der Waals surface area contributed by atoms with Crippen molar-refractivity contribution in [1.82, 2.24) is 15.1 Å². The summed E-state index contributed by atoms with van der Waals surface area (Å²) < 4.78 is 6.99. The Bertz CT molecular complexity index is 727. The summed E-state index contributed by atoms with van der Waals surface area (Å²) in [5, 5.41) is 7.00. The molecule has 0 aliphatic heterocycles. The highest BCUT2D eigenvalue weighted by atomic mass is 16.6. The molecule has 0 unspecified atom stereocenters. The number of carbonyl (C=O) groups is 2. The van der Waals surface area contributed by atoms with Crippen LogP contribution >= 0.6 is 0 Å². The number of aryl methyl sites for hydroxylation is 1. The third-order valence-corrected chi connectivity index (χ3v) is 3.35. The summed E-state index contributed by atoms with van der Waals surface area (Å²) >= 11 is 0. The van der Waals surface area contributed by atoms with E-state index in [1.807, 2.05) is 40.9 Å². The third-order valence-electron chi connectivity index (χ3n) is 3.35. The number of nitrogens with zero attached hydrogens (tertiary/aromatic N) is 2. The highest BCUT2D eigenvalue weighted by Crippen LogP contribution is 2.14. The number of aromatic nitrogens is 2. The van der Waals surface area contributed by atoms with Crippen LogP contribution in [0, 0.1) is 0 Å². The number of ether oxygens (including phenoxy) is 1. The highest BCUT2D eigenvalue weighted by Gasteiger charge is 2.18. The molecule has 0 saturated heterocycles. The van der Waals surface area contributed by atoms with E-state index >= 15 is 0 Å². The van der Waals surface area contributed by atoms with Crippen LogP contribution in [0.1, 0.15) is 60.0 Å². The molecule has 0 fully saturated rings. The molecule has 0 radical (unpaired) electrons. The molecule has 6 heteroatoms. The van der Waals surface area contributed by atoms with Gasteiger partial charge in [0, 0.05) is 24.4 Å². The van der Waals surface area contributed by atoms with Crippen molar-refractivity contribution >= 4 is 11.9 Å². The first-order chi connectivity index (χ1) is 11.2. The Kier molecular flexibility index (Phi) is 5.07. The number of carbonyl (C=O) groups excluding carboxylic acids is 2. The van der Waals surface area contributed by atoms with E-state index < -0.39 is 11.6 Å². The number of rotatable bonds is 4. The second kappa shape index (κ2) is 6.86. The molecule has 128 valence electrons. The fourth-order valence-electron chi connectivity index (χ4n) is 2.12. The van der Waals surface area contributed by atoms with Gasteiger partial charge in [0.1, 0.15) is 5.60 Å². The monoisotopic (exact) mass is 329 g/mol. The van der Waals surface area contributed by atoms with Gasteiger partial charge in [0.25, 0.3) is 5.91 Å². The lowest BCUT2D eigenvalue weighted by molar-refractivity contribution is 0.00693. The van der Waals surface area contributed by atoms with Crippen molar-refractivity contribution < 1.29 is 14.3 Å². The summed E-state index contributed by atoms with van der Waals surface area (Å²) in [6.45, 7) is 7.33. The lowest BCUT2D eigenvalue weighted by Crippen LogP contribution is -2.26. The van der Waals surface area contributed by atoms with E-state index in [1.165, 1.54) is 0 Å². The normalized spacial score (nSPS) is 12.5. The Morgan fingerprint density at radius 2 is 1.75 bits per heavy atom. The fraction of sp³-hybridized carbons (Fsp3) is 0.389. The van der Waals surface area contributed by atoms with Gasteiger partial charge in [-0.25, -0.2) is 4.79 Å². The predicted molar refractivity (Wildman–Crippen MR) is 90.7 cm³/mol. The average Bonchev–Trinajstić information content (AvgIpc) is 2.92. The van der Waals surface area contributed by atoms with Gasteiger partial charge in [-0.2, -0.15) is 5.10 Å². The van der Waals surface area contributed by atoms with E-state index in [2.05, 4.69) is 10.4 Å². The molecule has 1 N–H and O–H groups in total. The summed E-state index contributed by atoms with van der Waals surface area (Å²) in [4.78, 5) is 24.3. The van der Waals surface area contributed by atoms with Crippen molar-refractivity contribution in [3.05, 3.63) is 53.3 Å². The Morgan fingerprint density at radius 1 is 1.17 bits per heavy atom. The minimum Gasteiger partial charge on any atom is -0.456 e. The second-order valence-electron chi connectivity index (χ2n) is 6.72. The first-order valence-corrected chi connectivity index (χ1v) is 7.78. The second-order valence-corrected chi connectivity index (χ2v) is 6.72. The maximum Gasteiger partial charge on any atom is 0.338 e. The Hall–Kier alpha value is -2.63. The van der Waals surface area contributed by atoms with Gasteiger partial charge >= 0.3 is 5.97 Å². The highest BCUT2D eigenvalue weighted by molar-refractivity contribution is 5.96. The van der Waals surface area contributed by atoms with Gasteiger partial charge in [0.05, 0.1) is 17.8 Å². The minimum absolute atomic E-state index is 0.156. The van der Waals surface area contributed by atoms with Gasteiger partial charge in [-0.1, -0.05) is 0 Å². The Balaban J connectivity index is 2.02. The van der Waals surface area contributed by atoms with E-state index in [9.17, 15) is 9.59 Å². The molecule has 2 rings (SSSR count). The van der Waals surface area contributed by atoms with Gasteiger partial charge in [0.2, 0.25) is 0 Å². The molecule has 6 nitrogen and oxygen atoms in total. The van der Waals surface area contributed by atoms with E-state index in [1.54, 1.807) is 35.1 Å². The largest absolute Gasteiger partial charge is 0.456 e. The van der Waals surface area contributed by atoms with Crippen LogP contribution in [-0.2, 0) is 11.8 Å². The number of benzene rings is 1. The van der Waals surface area contributed by atoms with Crippen LogP contribution in [0.3, 0.4) is 0 Å².